The molecule has 3 nitrogen and oxygen atoms in total. The molecule has 5 heteroatoms. The third-order valence-electron chi connectivity index (χ3n) is 3.71. The topological polar surface area (TPSA) is 46.2 Å². The van der Waals surface area contributed by atoms with Crippen molar-refractivity contribution in [2.75, 3.05) is 12.8 Å². The predicted octanol–water partition coefficient (Wildman–Crippen LogP) is 1.92. The average molecular weight is 285 g/mol. The Morgan fingerprint density at radius 2 is 2.16 bits per heavy atom. The minimum Gasteiger partial charge on any atom is -0.312 e. The minimum atomic E-state index is -2.98. The highest BCUT2D eigenvalue weighted by molar-refractivity contribution is 7.91. The lowest BCUT2D eigenvalue weighted by atomic mass is 10.1. The van der Waals surface area contributed by atoms with Crippen molar-refractivity contribution in [1.82, 2.24) is 5.32 Å². The van der Waals surface area contributed by atoms with E-state index in [1.807, 2.05) is 6.07 Å². The van der Waals surface area contributed by atoms with Gasteiger partial charge in [-0.3, -0.25) is 0 Å². The SMILES string of the molecule is CS(=O)(=O)C1CCCC1NCCc1cccc(F)c1. The van der Waals surface area contributed by atoms with E-state index >= 15 is 0 Å². The zero-order valence-corrected chi connectivity index (χ0v) is 11.9. The van der Waals surface area contributed by atoms with Gasteiger partial charge in [0.25, 0.3) is 0 Å². The first kappa shape index (κ1) is 14.5. The van der Waals surface area contributed by atoms with Crippen LogP contribution in [0.4, 0.5) is 4.39 Å². The molecule has 1 N–H and O–H groups in total. The first-order chi connectivity index (χ1) is 8.97. The Labute approximate surface area is 114 Å². The van der Waals surface area contributed by atoms with Gasteiger partial charge in [-0.2, -0.15) is 0 Å². The van der Waals surface area contributed by atoms with Gasteiger partial charge in [-0.1, -0.05) is 18.6 Å². The van der Waals surface area contributed by atoms with Crippen molar-refractivity contribution in [3.63, 3.8) is 0 Å². The Bertz CT molecular complexity index is 530. The van der Waals surface area contributed by atoms with Gasteiger partial charge in [0.2, 0.25) is 0 Å². The van der Waals surface area contributed by atoms with Crippen LogP contribution in [0.3, 0.4) is 0 Å². The first-order valence-electron chi connectivity index (χ1n) is 6.63. The van der Waals surface area contributed by atoms with Crippen LogP contribution in [0.2, 0.25) is 0 Å². The number of hydrogen-bond acceptors (Lipinski definition) is 3. The molecule has 1 fully saturated rings. The standard InChI is InChI=1S/C14H20FNO2S/c1-19(17,18)14-7-3-6-13(14)16-9-8-11-4-2-5-12(15)10-11/h2,4-5,10,13-14,16H,3,6-9H2,1H3. The second-order valence-electron chi connectivity index (χ2n) is 5.24. The van der Waals surface area contributed by atoms with Gasteiger partial charge in [-0.15, -0.1) is 0 Å². The van der Waals surface area contributed by atoms with Crippen molar-refractivity contribution < 1.29 is 12.8 Å². The van der Waals surface area contributed by atoms with Gasteiger partial charge >= 0.3 is 0 Å². The summed E-state index contributed by atoms with van der Waals surface area (Å²) in [5.74, 6) is -0.229. The summed E-state index contributed by atoms with van der Waals surface area (Å²) in [6, 6.07) is 6.56. The Hall–Kier alpha value is -0.940. The molecule has 2 rings (SSSR count). The Morgan fingerprint density at radius 3 is 2.84 bits per heavy atom. The Kier molecular flexibility index (Phi) is 4.58. The third kappa shape index (κ3) is 4.01. The van der Waals surface area contributed by atoms with Crippen molar-refractivity contribution in [3.8, 4) is 0 Å². The predicted molar refractivity (Wildman–Crippen MR) is 74.4 cm³/mol. The van der Waals surface area contributed by atoms with Crippen LogP contribution in [0, 0.1) is 5.82 Å². The molecule has 0 saturated heterocycles. The highest BCUT2D eigenvalue weighted by atomic mass is 32.2. The molecule has 1 aromatic rings. The number of hydrogen-bond donors (Lipinski definition) is 1. The van der Waals surface area contributed by atoms with Crippen LogP contribution >= 0.6 is 0 Å². The largest absolute Gasteiger partial charge is 0.312 e. The Balaban J connectivity index is 1.86. The number of rotatable bonds is 5. The molecule has 1 aliphatic carbocycles. The van der Waals surface area contributed by atoms with E-state index in [-0.39, 0.29) is 17.1 Å². The maximum atomic E-state index is 13.0. The van der Waals surface area contributed by atoms with Crippen molar-refractivity contribution in [3.05, 3.63) is 35.6 Å². The number of nitrogens with one attached hydrogen (secondary N) is 1. The Morgan fingerprint density at radius 1 is 1.37 bits per heavy atom. The van der Waals surface area contributed by atoms with Crippen molar-refractivity contribution >= 4 is 9.84 Å². The summed E-state index contributed by atoms with van der Waals surface area (Å²) in [6.45, 7) is 0.681. The first-order valence-corrected chi connectivity index (χ1v) is 8.59. The lowest BCUT2D eigenvalue weighted by molar-refractivity contribution is 0.510. The molecule has 1 aromatic carbocycles. The summed E-state index contributed by atoms with van der Waals surface area (Å²) in [4.78, 5) is 0. The van der Waals surface area contributed by atoms with Gasteiger partial charge in [-0.25, -0.2) is 12.8 Å². The van der Waals surface area contributed by atoms with E-state index in [4.69, 9.17) is 0 Å². The van der Waals surface area contributed by atoms with E-state index in [2.05, 4.69) is 5.32 Å². The van der Waals surface area contributed by atoms with Crippen molar-refractivity contribution in [1.29, 1.82) is 0 Å². The van der Waals surface area contributed by atoms with Crippen LogP contribution in [-0.4, -0.2) is 32.5 Å². The van der Waals surface area contributed by atoms with Gasteiger partial charge in [0, 0.05) is 12.3 Å². The molecular formula is C14H20FNO2S. The smallest absolute Gasteiger partial charge is 0.151 e. The van der Waals surface area contributed by atoms with Crippen LogP contribution in [0.1, 0.15) is 24.8 Å². The summed E-state index contributed by atoms with van der Waals surface area (Å²) in [5, 5.41) is 3.04. The molecule has 106 valence electrons. The molecule has 0 spiro atoms. The normalized spacial score (nSPS) is 23.7. The average Bonchev–Trinajstić information content (AvgIpc) is 2.77. The van der Waals surface area contributed by atoms with Crippen LogP contribution in [-0.2, 0) is 16.3 Å². The summed E-state index contributed by atoms with van der Waals surface area (Å²) in [6.07, 6.45) is 4.63. The summed E-state index contributed by atoms with van der Waals surface area (Å²) < 4.78 is 36.3. The maximum Gasteiger partial charge on any atom is 0.151 e. The quantitative estimate of drug-likeness (QED) is 0.899. The zero-order chi connectivity index (χ0) is 13.9. The highest BCUT2D eigenvalue weighted by Gasteiger charge is 2.34. The van der Waals surface area contributed by atoms with Gasteiger partial charge in [0.05, 0.1) is 5.25 Å². The van der Waals surface area contributed by atoms with Crippen molar-refractivity contribution in [2.24, 2.45) is 0 Å². The van der Waals surface area contributed by atoms with E-state index < -0.39 is 9.84 Å². The lowest BCUT2D eigenvalue weighted by Gasteiger charge is -2.19. The van der Waals surface area contributed by atoms with Gasteiger partial charge in [-0.05, 0) is 43.5 Å². The number of benzene rings is 1. The van der Waals surface area contributed by atoms with E-state index in [1.54, 1.807) is 6.07 Å². The van der Waals surface area contributed by atoms with E-state index in [1.165, 1.54) is 18.4 Å². The molecule has 1 saturated carbocycles. The minimum absolute atomic E-state index is 0.0450. The third-order valence-corrected chi connectivity index (χ3v) is 5.38. The molecule has 19 heavy (non-hydrogen) atoms. The zero-order valence-electron chi connectivity index (χ0n) is 11.1. The fraction of sp³-hybridized carbons (Fsp3) is 0.571. The second-order valence-corrected chi connectivity index (χ2v) is 7.50. The van der Waals surface area contributed by atoms with E-state index in [0.717, 1.165) is 24.8 Å². The molecule has 0 radical (unpaired) electrons. The van der Waals surface area contributed by atoms with Gasteiger partial charge in [0.1, 0.15) is 5.82 Å². The van der Waals surface area contributed by atoms with Gasteiger partial charge < -0.3 is 5.32 Å². The fourth-order valence-corrected chi connectivity index (χ4v) is 4.19. The molecule has 0 heterocycles. The highest BCUT2D eigenvalue weighted by Crippen LogP contribution is 2.24. The summed E-state index contributed by atoms with van der Waals surface area (Å²) in [5.41, 5.74) is 0.932. The van der Waals surface area contributed by atoms with E-state index in [9.17, 15) is 12.8 Å². The van der Waals surface area contributed by atoms with Crippen LogP contribution < -0.4 is 5.32 Å². The molecule has 1 aliphatic rings. The maximum absolute atomic E-state index is 13.0. The molecule has 2 unspecified atom stereocenters. The monoisotopic (exact) mass is 285 g/mol. The molecule has 0 aromatic heterocycles. The van der Waals surface area contributed by atoms with E-state index in [0.29, 0.717) is 13.0 Å². The fourth-order valence-electron chi connectivity index (χ4n) is 2.77. The van der Waals surface area contributed by atoms with Crippen LogP contribution in [0.25, 0.3) is 0 Å². The number of sulfone groups is 1. The molecule has 2 atom stereocenters. The van der Waals surface area contributed by atoms with Gasteiger partial charge in [0.15, 0.2) is 9.84 Å². The van der Waals surface area contributed by atoms with Crippen LogP contribution in [0.15, 0.2) is 24.3 Å². The van der Waals surface area contributed by atoms with Crippen LogP contribution in [0.5, 0.6) is 0 Å². The molecule has 0 amide bonds. The molecule has 0 aliphatic heterocycles. The lowest BCUT2D eigenvalue weighted by Crippen LogP contribution is -2.40. The molecular weight excluding hydrogens is 265 g/mol. The summed E-state index contributed by atoms with van der Waals surface area (Å²) in [7, 11) is -2.98. The van der Waals surface area contributed by atoms with Crippen molar-refractivity contribution in [2.45, 2.75) is 37.0 Å². The molecule has 0 bridgehead atoms. The number of halogens is 1. The second kappa shape index (κ2) is 6.01. The summed E-state index contributed by atoms with van der Waals surface area (Å²) >= 11 is 0.